The molecule has 2 fully saturated rings. The van der Waals surface area contributed by atoms with E-state index in [1.165, 1.54) is 31.5 Å². The Morgan fingerprint density at radius 3 is 2.86 bits per heavy atom. The molecule has 1 atom stereocenters. The molecule has 1 aliphatic carbocycles. The normalized spacial score (nSPS) is 24.0. The molecule has 4 nitrogen and oxygen atoms in total. The SMILES string of the molecule is CNC(=O)c1cccc(C2CN(CC3CC3)CCN2C)c1. The van der Waals surface area contributed by atoms with Crippen LogP contribution in [0.2, 0.25) is 0 Å². The van der Waals surface area contributed by atoms with Crippen LogP contribution in [0.5, 0.6) is 0 Å². The highest BCUT2D eigenvalue weighted by atomic mass is 16.1. The lowest BCUT2D eigenvalue weighted by atomic mass is 10.00. The molecule has 1 saturated carbocycles. The summed E-state index contributed by atoms with van der Waals surface area (Å²) < 4.78 is 0. The van der Waals surface area contributed by atoms with E-state index >= 15 is 0 Å². The van der Waals surface area contributed by atoms with Crippen LogP contribution in [0.4, 0.5) is 0 Å². The third-order valence-electron chi connectivity index (χ3n) is 4.71. The number of nitrogens with zero attached hydrogens (tertiary/aromatic N) is 2. The fourth-order valence-electron chi connectivity index (χ4n) is 3.15. The predicted molar refractivity (Wildman–Crippen MR) is 84.4 cm³/mol. The molecule has 1 unspecified atom stereocenters. The summed E-state index contributed by atoms with van der Waals surface area (Å²) >= 11 is 0. The Bertz CT molecular complexity index is 513. The Morgan fingerprint density at radius 1 is 1.33 bits per heavy atom. The number of carbonyl (C=O) groups excluding carboxylic acids is 1. The molecular formula is C17H25N3O. The molecule has 1 aliphatic heterocycles. The predicted octanol–water partition coefficient (Wildman–Crippen LogP) is 1.74. The van der Waals surface area contributed by atoms with Crippen LogP contribution in [0.3, 0.4) is 0 Å². The van der Waals surface area contributed by atoms with Crippen LogP contribution in [0.15, 0.2) is 24.3 Å². The summed E-state index contributed by atoms with van der Waals surface area (Å²) in [5, 5.41) is 2.70. The Labute approximate surface area is 127 Å². The van der Waals surface area contributed by atoms with Gasteiger partial charge < -0.3 is 5.32 Å². The lowest BCUT2D eigenvalue weighted by Gasteiger charge is -2.40. The summed E-state index contributed by atoms with van der Waals surface area (Å²) in [7, 11) is 3.87. The molecule has 1 aromatic carbocycles. The van der Waals surface area contributed by atoms with Crippen LogP contribution in [-0.4, -0.2) is 56.0 Å². The average molecular weight is 287 g/mol. The van der Waals surface area contributed by atoms with Gasteiger partial charge in [0.25, 0.3) is 5.91 Å². The van der Waals surface area contributed by atoms with Crippen LogP contribution in [0.25, 0.3) is 0 Å². The van der Waals surface area contributed by atoms with Gasteiger partial charge in [-0.05, 0) is 43.5 Å². The molecule has 1 saturated heterocycles. The van der Waals surface area contributed by atoms with Crippen LogP contribution >= 0.6 is 0 Å². The van der Waals surface area contributed by atoms with E-state index in [-0.39, 0.29) is 5.91 Å². The van der Waals surface area contributed by atoms with E-state index < -0.39 is 0 Å². The molecule has 0 radical (unpaired) electrons. The highest BCUT2D eigenvalue weighted by molar-refractivity contribution is 5.94. The number of piperazine rings is 1. The molecule has 1 heterocycles. The highest BCUT2D eigenvalue weighted by Gasteiger charge is 2.30. The van der Waals surface area contributed by atoms with E-state index in [9.17, 15) is 4.79 Å². The van der Waals surface area contributed by atoms with Gasteiger partial charge in [-0.1, -0.05) is 12.1 Å². The van der Waals surface area contributed by atoms with E-state index in [0.717, 1.165) is 24.6 Å². The number of carbonyl (C=O) groups is 1. The number of amides is 1. The van der Waals surface area contributed by atoms with Gasteiger partial charge in [0.15, 0.2) is 0 Å². The first-order chi connectivity index (χ1) is 10.2. The van der Waals surface area contributed by atoms with Gasteiger partial charge in [0.1, 0.15) is 0 Å². The number of hydrogen-bond acceptors (Lipinski definition) is 3. The van der Waals surface area contributed by atoms with Crippen molar-refractivity contribution in [2.24, 2.45) is 5.92 Å². The molecule has 0 bridgehead atoms. The standard InChI is InChI=1S/C17H25N3O/c1-18-17(21)15-5-3-4-14(10-15)16-12-20(9-8-19(16)2)11-13-6-7-13/h3-5,10,13,16H,6-9,11-12H2,1-2H3,(H,18,21). The molecule has 1 amide bonds. The van der Waals surface area contributed by atoms with Gasteiger partial charge in [-0.15, -0.1) is 0 Å². The highest BCUT2D eigenvalue weighted by Crippen LogP contribution is 2.32. The van der Waals surface area contributed by atoms with Crippen molar-refractivity contribution in [2.45, 2.75) is 18.9 Å². The number of benzene rings is 1. The second-order valence-electron chi connectivity index (χ2n) is 6.40. The zero-order valence-electron chi connectivity index (χ0n) is 13.0. The van der Waals surface area contributed by atoms with Crippen LogP contribution in [0, 0.1) is 5.92 Å². The van der Waals surface area contributed by atoms with Crippen LogP contribution in [0.1, 0.15) is 34.8 Å². The lowest BCUT2D eigenvalue weighted by molar-refractivity contribution is 0.0917. The third kappa shape index (κ3) is 3.44. The Morgan fingerprint density at radius 2 is 2.14 bits per heavy atom. The molecule has 0 spiro atoms. The fraction of sp³-hybridized carbons (Fsp3) is 0.588. The largest absolute Gasteiger partial charge is 0.355 e. The van der Waals surface area contributed by atoms with Gasteiger partial charge in [-0.3, -0.25) is 14.6 Å². The van der Waals surface area contributed by atoms with Gasteiger partial charge in [-0.25, -0.2) is 0 Å². The maximum Gasteiger partial charge on any atom is 0.251 e. The summed E-state index contributed by atoms with van der Waals surface area (Å²) in [5.41, 5.74) is 2.00. The monoisotopic (exact) mass is 287 g/mol. The summed E-state index contributed by atoms with van der Waals surface area (Å²) in [5.74, 6) is 0.927. The van der Waals surface area contributed by atoms with Gasteiger partial charge in [0.05, 0.1) is 0 Å². The molecule has 1 aromatic rings. The van der Waals surface area contributed by atoms with E-state index in [1.807, 2.05) is 18.2 Å². The molecule has 0 aromatic heterocycles. The zero-order chi connectivity index (χ0) is 14.8. The minimum Gasteiger partial charge on any atom is -0.355 e. The fourth-order valence-corrected chi connectivity index (χ4v) is 3.15. The zero-order valence-corrected chi connectivity index (χ0v) is 13.0. The number of nitrogens with one attached hydrogen (secondary N) is 1. The summed E-state index contributed by atoms with van der Waals surface area (Å²) in [6, 6.07) is 8.46. The quantitative estimate of drug-likeness (QED) is 0.916. The Balaban J connectivity index is 1.74. The van der Waals surface area contributed by atoms with E-state index in [2.05, 4.69) is 28.2 Å². The van der Waals surface area contributed by atoms with Crippen molar-refractivity contribution in [1.29, 1.82) is 0 Å². The topological polar surface area (TPSA) is 35.6 Å². The minimum atomic E-state index is -0.00912. The maximum atomic E-state index is 11.8. The molecule has 1 N–H and O–H groups in total. The number of hydrogen-bond donors (Lipinski definition) is 1. The first kappa shape index (κ1) is 14.5. The first-order valence-corrected chi connectivity index (χ1v) is 7.92. The second-order valence-corrected chi connectivity index (χ2v) is 6.40. The maximum absolute atomic E-state index is 11.8. The molecule has 3 rings (SSSR count). The number of rotatable bonds is 4. The first-order valence-electron chi connectivity index (χ1n) is 7.92. The minimum absolute atomic E-state index is 0.00912. The Kier molecular flexibility index (Phi) is 4.27. The Hall–Kier alpha value is -1.39. The number of likely N-dealkylation sites (N-methyl/N-ethyl adjacent to an activating group) is 1. The van der Waals surface area contributed by atoms with E-state index in [0.29, 0.717) is 6.04 Å². The van der Waals surface area contributed by atoms with Crippen LogP contribution in [-0.2, 0) is 0 Å². The molecule has 21 heavy (non-hydrogen) atoms. The third-order valence-corrected chi connectivity index (χ3v) is 4.71. The van der Waals surface area contributed by atoms with E-state index in [4.69, 9.17) is 0 Å². The smallest absolute Gasteiger partial charge is 0.251 e. The van der Waals surface area contributed by atoms with Crippen molar-refractivity contribution in [1.82, 2.24) is 15.1 Å². The van der Waals surface area contributed by atoms with Gasteiger partial charge in [0.2, 0.25) is 0 Å². The van der Waals surface area contributed by atoms with Gasteiger partial charge >= 0.3 is 0 Å². The molecular weight excluding hydrogens is 262 g/mol. The van der Waals surface area contributed by atoms with Crippen molar-refractivity contribution in [3.63, 3.8) is 0 Å². The van der Waals surface area contributed by atoms with Crippen molar-refractivity contribution in [3.05, 3.63) is 35.4 Å². The van der Waals surface area contributed by atoms with E-state index in [1.54, 1.807) is 7.05 Å². The summed E-state index contributed by atoms with van der Waals surface area (Å²) in [6.07, 6.45) is 2.81. The van der Waals surface area contributed by atoms with Crippen molar-refractivity contribution in [2.75, 3.05) is 40.3 Å². The molecule has 2 aliphatic rings. The second kappa shape index (κ2) is 6.16. The van der Waals surface area contributed by atoms with Gasteiger partial charge in [0, 0.05) is 44.8 Å². The van der Waals surface area contributed by atoms with Crippen molar-refractivity contribution >= 4 is 5.91 Å². The van der Waals surface area contributed by atoms with Crippen LogP contribution < -0.4 is 5.32 Å². The summed E-state index contributed by atoms with van der Waals surface area (Å²) in [6.45, 7) is 4.59. The molecule has 114 valence electrons. The summed E-state index contributed by atoms with van der Waals surface area (Å²) in [4.78, 5) is 16.8. The average Bonchev–Trinajstić information content (AvgIpc) is 3.32. The van der Waals surface area contributed by atoms with Gasteiger partial charge in [-0.2, -0.15) is 0 Å². The molecule has 4 heteroatoms. The van der Waals surface area contributed by atoms with Crippen molar-refractivity contribution < 1.29 is 4.79 Å². The van der Waals surface area contributed by atoms with Crippen molar-refractivity contribution in [3.8, 4) is 0 Å². The lowest BCUT2D eigenvalue weighted by Crippen LogP contribution is -2.47.